The molecule has 0 N–H and O–H groups in total. The van der Waals surface area contributed by atoms with Crippen LogP contribution in [-0.4, -0.2) is 28.1 Å². The topological polar surface area (TPSA) is 20.3 Å². The zero-order chi connectivity index (χ0) is 13.8. The molecule has 1 fully saturated rings. The van der Waals surface area contributed by atoms with Gasteiger partial charge >= 0.3 is 0 Å². The van der Waals surface area contributed by atoms with Crippen LogP contribution in [0.5, 0.6) is 0 Å². The van der Waals surface area contributed by atoms with Crippen LogP contribution < -0.4 is 0 Å². The van der Waals surface area contributed by atoms with Gasteiger partial charge in [-0.3, -0.25) is 4.79 Å². The van der Waals surface area contributed by atoms with E-state index in [1.54, 1.807) is 0 Å². The predicted molar refractivity (Wildman–Crippen MR) is 82.5 cm³/mol. The molecular formula is C16H23NOS. The third-order valence-electron chi connectivity index (χ3n) is 4.07. The highest BCUT2D eigenvalue weighted by molar-refractivity contribution is 7.81. The average Bonchev–Trinajstić information content (AvgIpc) is 2.80. The van der Waals surface area contributed by atoms with Crippen molar-refractivity contribution in [2.75, 3.05) is 0 Å². The molecule has 2 rings (SSSR count). The van der Waals surface area contributed by atoms with Gasteiger partial charge < -0.3 is 4.90 Å². The van der Waals surface area contributed by atoms with Crippen molar-refractivity contribution in [3.05, 3.63) is 35.9 Å². The van der Waals surface area contributed by atoms with Gasteiger partial charge in [-0.05, 0) is 38.2 Å². The molecule has 0 saturated carbocycles. The van der Waals surface area contributed by atoms with Crippen molar-refractivity contribution in [1.29, 1.82) is 0 Å². The first kappa shape index (κ1) is 14.4. The molecule has 0 spiro atoms. The third kappa shape index (κ3) is 3.33. The summed E-state index contributed by atoms with van der Waals surface area (Å²) in [5.41, 5.74) is 1.18. The van der Waals surface area contributed by atoms with Crippen molar-refractivity contribution in [3.63, 3.8) is 0 Å². The molecule has 0 aromatic heterocycles. The van der Waals surface area contributed by atoms with Crippen molar-refractivity contribution < 1.29 is 4.79 Å². The van der Waals surface area contributed by atoms with Gasteiger partial charge in [-0.1, -0.05) is 37.3 Å². The lowest BCUT2D eigenvalue weighted by Gasteiger charge is -2.30. The number of rotatable bonds is 4. The first-order chi connectivity index (χ1) is 9.13. The summed E-state index contributed by atoms with van der Waals surface area (Å²) in [7, 11) is 0. The van der Waals surface area contributed by atoms with Gasteiger partial charge in [-0.2, -0.15) is 12.6 Å². The lowest BCUT2D eigenvalue weighted by Crippen LogP contribution is -2.44. The van der Waals surface area contributed by atoms with E-state index in [0.717, 1.165) is 19.3 Å². The Hall–Kier alpha value is -0.960. The lowest BCUT2D eigenvalue weighted by atomic mass is 10.1. The number of carbonyl (C=O) groups excluding carboxylic acids is 1. The minimum Gasteiger partial charge on any atom is -0.336 e. The van der Waals surface area contributed by atoms with E-state index in [4.69, 9.17) is 0 Å². The van der Waals surface area contributed by atoms with Crippen LogP contribution in [0.4, 0.5) is 0 Å². The first-order valence-corrected chi connectivity index (χ1v) is 7.69. The summed E-state index contributed by atoms with van der Waals surface area (Å²) in [5.74, 6) is 0.198. The lowest BCUT2D eigenvalue weighted by molar-refractivity contribution is -0.133. The van der Waals surface area contributed by atoms with E-state index in [1.165, 1.54) is 5.56 Å². The van der Waals surface area contributed by atoms with E-state index in [0.29, 0.717) is 18.5 Å². The predicted octanol–water partition coefficient (Wildman–Crippen LogP) is 3.32. The molecular weight excluding hydrogens is 254 g/mol. The second-order valence-electron chi connectivity index (χ2n) is 5.44. The highest BCUT2D eigenvalue weighted by Crippen LogP contribution is 2.28. The SMILES string of the molecule is CCC1CCC(C)N1C(=O)C(S)Cc1ccccc1. The van der Waals surface area contributed by atoms with Crippen molar-refractivity contribution in [1.82, 2.24) is 4.90 Å². The number of thiol groups is 1. The second kappa shape index (κ2) is 6.47. The minimum atomic E-state index is -0.225. The molecule has 19 heavy (non-hydrogen) atoms. The summed E-state index contributed by atoms with van der Waals surface area (Å²) in [6.07, 6.45) is 4.01. The number of amides is 1. The van der Waals surface area contributed by atoms with Crippen molar-refractivity contribution in [3.8, 4) is 0 Å². The standard InChI is InChI=1S/C16H23NOS/c1-3-14-10-9-12(2)17(14)16(18)15(19)11-13-7-5-4-6-8-13/h4-8,12,14-15,19H,3,9-11H2,1-2H3. The number of nitrogens with zero attached hydrogens (tertiary/aromatic N) is 1. The van der Waals surface area contributed by atoms with Gasteiger partial charge in [0.05, 0.1) is 5.25 Å². The first-order valence-electron chi connectivity index (χ1n) is 7.17. The molecule has 1 heterocycles. The smallest absolute Gasteiger partial charge is 0.236 e. The van der Waals surface area contributed by atoms with Gasteiger partial charge in [0.15, 0.2) is 0 Å². The van der Waals surface area contributed by atoms with E-state index in [2.05, 4.69) is 43.5 Å². The molecule has 1 aliphatic heterocycles. The average molecular weight is 277 g/mol. The third-order valence-corrected chi connectivity index (χ3v) is 4.47. The molecule has 1 aromatic carbocycles. The normalized spacial score (nSPS) is 24.5. The molecule has 104 valence electrons. The Morgan fingerprint density at radius 3 is 2.68 bits per heavy atom. The van der Waals surface area contributed by atoms with E-state index in [9.17, 15) is 4.79 Å². The van der Waals surface area contributed by atoms with Gasteiger partial charge in [0.25, 0.3) is 0 Å². The monoisotopic (exact) mass is 277 g/mol. The molecule has 3 atom stereocenters. The zero-order valence-corrected chi connectivity index (χ0v) is 12.6. The fraction of sp³-hybridized carbons (Fsp3) is 0.562. The molecule has 1 saturated heterocycles. The van der Waals surface area contributed by atoms with Gasteiger partial charge in [0.1, 0.15) is 0 Å². The summed E-state index contributed by atoms with van der Waals surface area (Å²) in [5, 5.41) is -0.225. The van der Waals surface area contributed by atoms with Crippen LogP contribution in [-0.2, 0) is 11.2 Å². The molecule has 3 heteroatoms. The quantitative estimate of drug-likeness (QED) is 0.837. The number of hydrogen-bond acceptors (Lipinski definition) is 2. The Labute approximate surface area is 121 Å². The van der Waals surface area contributed by atoms with Gasteiger partial charge in [0, 0.05) is 12.1 Å². The van der Waals surface area contributed by atoms with Crippen LogP contribution in [0.2, 0.25) is 0 Å². The number of benzene rings is 1. The van der Waals surface area contributed by atoms with E-state index in [1.807, 2.05) is 18.2 Å². The highest BCUT2D eigenvalue weighted by atomic mass is 32.1. The van der Waals surface area contributed by atoms with Crippen molar-refractivity contribution in [2.24, 2.45) is 0 Å². The van der Waals surface area contributed by atoms with Crippen LogP contribution in [0.3, 0.4) is 0 Å². The van der Waals surface area contributed by atoms with E-state index < -0.39 is 0 Å². The molecule has 0 radical (unpaired) electrons. The summed E-state index contributed by atoms with van der Waals surface area (Å²) < 4.78 is 0. The molecule has 1 aliphatic rings. The molecule has 2 nitrogen and oxygen atoms in total. The maximum Gasteiger partial charge on any atom is 0.236 e. The fourth-order valence-corrected chi connectivity index (χ4v) is 3.31. The van der Waals surface area contributed by atoms with Crippen molar-refractivity contribution in [2.45, 2.75) is 56.9 Å². The molecule has 3 unspecified atom stereocenters. The summed E-state index contributed by atoms with van der Waals surface area (Å²) >= 11 is 4.54. The molecule has 0 aliphatic carbocycles. The minimum absolute atomic E-state index is 0.198. The van der Waals surface area contributed by atoms with Crippen molar-refractivity contribution >= 4 is 18.5 Å². The van der Waals surface area contributed by atoms with Gasteiger partial charge in [-0.25, -0.2) is 0 Å². The summed E-state index contributed by atoms with van der Waals surface area (Å²) in [4.78, 5) is 14.6. The number of likely N-dealkylation sites (tertiary alicyclic amines) is 1. The van der Waals surface area contributed by atoms with Crippen LogP contribution in [0.1, 0.15) is 38.7 Å². The maximum absolute atomic E-state index is 12.6. The van der Waals surface area contributed by atoms with Crippen LogP contribution in [0.15, 0.2) is 30.3 Å². The van der Waals surface area contributed by atoms with Crippen LogP contribution in [0.25, 0.3) is 0 Å². The Kier molecular flexibility index (Phi) is 4.92. The maximum atomic E-state index is 12.6. The zero-order valence-electron chi connectivity index (χ0n) is 11.7. The fourth-order valence-electron chi connectivity index (χ4n) is 2.97. The number of hydrogen-bond donors (Lipinski definition) is 1. The van der Waals surface area contributed by atoms with E-state index >= 15 is 0 Å². The Balaban J connectivity index is 2.02. The molecule has 1 aromatic rings. The summed E-state index contributed by atoms with van der Waals surface area (Å²) in [6, 6.07) is 10.9. The number of carbonyl (C=O) groups is 1. The Bertz CT molecular complexity index is 420. The summed E-state index contributed by atoms with van der Waals surface area (Å²) in [6.45, 7) is 4.31. The van der Waals surface area contributed by atoms with Gasteiger partial charge in [0.2, 0.25) is 5.91 Å². The van der Waals surface area contributed by atoms with Gasteiger partial charge in [-0.15, -0.1) is 0 Å². The van der Waals surface area contributed by atoms with Crippen LogP contribution in [0, 0.1) is 0 Å². The molecule has 1 amide bonds. The van der Waals surface area contributed by atoms with E-state index in [-0.39, 0.29) is 11.2 Å². The second-order valence-corrected chi connectivity index (χ2v) is 6.06. The molecule has 0 bridgehead atoms. The Morgan fingerprint density at radius 1 is 1.37 bits per heavy atom. The highest BCUT2D eigenvalue weighted by Gasteiger charge is 2.35. The Morgan fingerprint density at radius 2 is 2.05 bits per heavy atom. The largest absolute Gasteiger partial charge is 0.336 e. The van der Waals surface area contributed by atoms with Crippen LogP contribution >= 0.6 is 12.6 Å².